The highest BCUT2D eigenvalue weighted by Gasteiger charge is 2.38. The molecule has 1 saturated heterocycles. The molecule has 1 aliphatic rings. The Morgan fingerprint density at radius 2 is 2.26 bits per heavy atom. The average Bonchev–Trinajstić information content (AvgIpc) is 2.64. The molecule has 1 fully saturated rings. The fraction of sp³-hybridized carbons (Fsp3) is 0.833. The number of hydrogen-bond acceptors (Lipinski definition) is 4. The van der Waals surface area contributed by atoms with Crippen LogP contribution in [0, 0.1) is 0 Å². The number of carbonyl (C=O) groups is 2. The molecule has 7 nitrogen and oxygen atoms in total. The zero-order valence-corrected chi connectivity index (χ0v) is 11.6. The first kappa shape index (κ1) is 15.7. The highest BCUT2D eigenvalue weighted by molar-refractivity contribution is 5.82. The summed E-state index contributed by atoms with van der Waals surface area (Å²) in [5.41, 5.74) is -0.464. The molecule has 3 unspecified atom stereocenters. The van der Waals surface area contributed by atoms with Gasteiger partial charge in [-0.2, -0.15) is 0 Å². The maximum atomic E-state index is 11.8. The minimum absolute atomic E-state index is 0.0968. The Balaban J connectivity index is 2.50. The molecule has 110 valence electrons. The van der Waals surface area contributed by atoms with Gasteiger partial charge in [-0.3, -0.25) is 0 Å². The molecule has 3 atom stereocenters. The Labute approximate surface area is 112 Å². The smallest absolute Gasteiger partial charge is 0.326 e. The van der Waals surface area contributed by atoms with E-state index in [1.165, 1.54) is 7.11 Å². The number of rotatable bonds is 6. The van der Waals surface area contributed by atoms with Gasteiger partial charge in [0.2, 0.25) is 0 Å². The van der Waals surface area contributed by atoms with E-state index >= 15 is 0 Å². The topological polar surface area (TPSA) is 96.9 Å². The Morgan fingerprint density at radius 3 is 2.74 bits per heavy atom. The van der Waals surface area contributed by atoms with Gasteiger partial charge in [-0.25, -0.2) is 9.59 Å². The molecule has 0 bridgehead atoms. The minimum Gasteiger partial charge on any atom is -0.480 e. The van der Waals surface area contributed by atoms with Crippen molar-refractivity contribution in [3.8, 4) is 0 Å². The Morgan fingerprint density at radius 1 is 1.58 bits per heavy atom. The van der Waals surface area contributed by atoms with Crippen molar-refractivity contribution >= 4 is 12.0 Å². The van der Waals surface area contributed by atoms with E-state index in [1.54, 1.807) is 0 Å². The molecular formula is C12H22N2O5. The number of methoxy groups -OCH3 is 1. The van der Waals surface area contributed by atoms with E-state index in [9.17, 15) is 9.59 Å². The van der Waals surface area contributed by atoms with Crippen LogP contribution in [0.4, 0.5) is 4.79 Å². The lowest BCUT2D eigenvalue weighted by atomic mass is 9.95. The molecule has 0 aromatic rings. The van der Waals surface area contributed by atoms with Crippen LogP contribution in [0.1, 0.15) is 26.7 Å². The van der Waals surface area contributed by atoms with Crippen molar-refractivity contribution in [1.29, 1.82) is 0 Å². The Kier molecular flexibility index (Phi) is 5.56. The minimum atomic E-state index is -1.08. The van der Waals surface area contributed by atoms with E-state index < -0.39 is 23.6 Å². The average molecular weight is 274 g/mol. The number of carboxylic acids is 1. The first-order chi connectivity index (χ1) is 8.89. The lowest BCUT2D eigenvalue weighted by Crippen LogP contribution is -2.56. The Hall–Kier alpha value is -1.34. The maximum absolute atomic E-state index is 11.8. The van der Waals surface area contributed by atoms with Crippen molar-refractivity contribution in [2.45, 2.75) is 44.4 Å². The van der Waals surface area contributed by atoms with Crippen LogP contribution in [0.3, 0.4) is 0 Å². The van der Waals surface area contributed by atoms with Gasteiger partial charge in [0.05, 0.1) is 11.6 Å². The van der Waals surface area contributed by atoms with E-state index in [4.69, 9.17) is 14.6 Å². The van der Waals surface area contributed by atoms with Crippen LogP contribution >= 0.6 is 0 Å². The molecule has 3 N–H and O–H groups in total. The lowest BCUT2D eigenvalue weighted by molar-refractivity contribution is -0.139. The summed E-state index contributed by atoms with van der Waals surface area (Å²) < 4.78 is 10.2. The molecule has 1 heterocycles. The third kappa shape index (κ3) is 4.36. The number of urea groups is 1. The fourth-order valence-corrected chi connectivity index (χ4v) is 1.95. The molecule has 19 heavy (non-hydrogen) atoms. The number of aliphatic carboxylic acids is 1. The summed E-state index contributed by atoms with van der Waals surface area (Å²) in [6.07, 6.45) is 0.833. The standard InChI is InChI=1S/C12H22N2O5/c1-8-12(2,5-7-19-8)14-11(17)13-9(10(15)16)4-6-18-3/h8-9H,4-7H2,1-3H3,(H,15,16)(H2,13,14,17). The number of ether oxygens (including phenoxy) is 2. The predicted molar refractivity (Wildman–Crippen MR) is 68.0 cm³/mol. The molecule has 0 saturated carbocycles. The van der Waals surface area contributed by atoms with Crippen LogP contribution in [0.15, 0.2) is 0 Å². The van der Waals surface area contributed by atoms with Crippen LogP contribution < -0.4 is 10.6 Å². The monoisotopic (exact) mass is 274 g/mol. The fourth-order valence-electron chi connectivity index (χ4n) is 1.95. The molecule has 1 rings (SSSR count). The van der Waals surface area contributed by atoms with E-state index in [1.807, 2.05) is 13.8 Å². The SMILES string of the molecule is COCCC(NC(=O)NC1(C)CCOC1C)C(=O)O. The maximum Gasteiger partial charge on any atom is 0.326 e. The number of carbonyl (C=O) groups excluding carboxylic acids is 1. The van der Waals surface area contributed by atoms with Crippen LogP contribution in [0.5, 0.6) is 0 Å². The highest BCUT2D eigenvalue weighted by atomic mass is 16.5. The summed E-state index contributed by atoms with van der Waals surface area (Å²) in [6.45, 7) is 4.63. The van der Waals surface area contributed by atoms with Crippen molar-refractivity contribution in [1.82, 2.24) is 10.6 Å². The van der Waals surface area contributed by atoms with Gasteiger partial charge in [0.1, 0.15) is 6.04 Å². The molecule has 1 aliphatic heterocycles. The quantitative estimate of drug-likeness (QED) is 0.649. The number of hydrogen-bond donors (Lipinski definition) is 3. The first-order valence-corrected chi connectivity index (χ1v) is 6.31. The van der Waals surface area contributed by atoms with Gasteiger partial charge in [0.25, 0.3) is 0 Å². The van der Waals surface area contributed by atoms with Gasteiger partial charge in [-0.15, -0.1) is 0 Å². The van der Waals surface area contributed by atoms with Crippen molar-refractivity contribution < 1.29 is 24.2 Å². The first-order valence-electron chi connectivity index (χ1n) is 6.31. The van der Waals surface area contributed by atoms with E-state index in [0.29, 0.717) is 13.0 Å². The van der Waals surface area contributed by atoms with Crippen LogP contribution in [-0.2, 0) is 14.3 Å². The third-order valence-corrected chi connectivity index (χ3v) is 3.50. The van der Waals surface area contributed by atoms with Crippen LogP contribution in [0.25, 0.3) is 0 Å². The highest BCUT2D eigenvalue weighted by Crippen LogP contribution is 2.24. The van der Waals surface area contributed by atoms with Gasteiger partial charge in [0.15, 0.2) is 0 Å². The van der Waals surface area contributed by atoms with Gasteiger partial charge >= 0.3 is 12.0 Å². The van der Waals surface area contributed by atoms with E-state index in [0.717, 1.165) is 0 Å². The van der Waals surface area contributed by atoms with E-state index in [-0.39, 0.29) is 19.1 Å². The molecule has 0 aromatic carbocycles. The van der Waals surface area contributed by atoms with Gasteiger partial charge in [-0.05, 0) is 20.3 Å². The predicted octanol–water partition coefficient (Wildman–Crippen LogP) is 0.343. The second-order valence-electron chi connectivity index (χ2n) is 4.95. The number of nitrogens with one attached hydrogen (secondary N) is 2. The zero-order valence-electron chi connectivity index (χ0n) is 11.6. The normalized spacial score (nSPS) is 27.8. The summed E-state index contributed by atoms with van der Waals surface area (Å²) in [5.74, 6) is -1.08. The summed E-state index contributed by atoms with van der Waals surface area (Å²) in [7, 11) is 1.48. The second kappa shape index (κ2) is 6.72. The van der Waals surface area contributed by atoms with Gasteiger partial charge in [-0.1, -0.05) is 0 Å². The molecule has 0 aliphatic carbocycles. The van der Waals surface area contributed by atoms with Crippen molar-refractivity contribution in [3.05, 3.63) is 0 Å². The molecule has 7 heteroatoms. The summed E-state index contributed by atoms with van der Waals surface area (Å²) in [5, 5.41) is 14.2. The third-order valence-electron chi connectivity index (χ3n) is 3.50. The number of carboxylic acid groups (broad SMARTS) is 1. The molecular weight excluding hydrogens is 252 g/mol. The van der Waals surface area contributed by atoms with Crippen LogP contribution in [0.2, 0.25) is 0 Å². The van der Waals surface area contributed by atoms with Crippen LogP contribution in [-0.4, -0.2) is 55.1 Å². The molecule has 0 radical (unpaired) electrons. The summed E-state index contributed by atoms with van der Waals surface area (Å²) >= 11 is 0. The van der Waals surface area contributed by atoms with Crippen molar-refractivity contribution in [2.24, 2.45) is 0 Å². The molecule has 0 spiro atoms. The summed E-state index contributed by atoms with van der Waals surface area (Å²) in [4.78, 5) is 22.8. The Bertz CT molecular complexity index is 336. The molecule has 0 aromatic heterocycles. The van der Waals surface area contributed by atoms with Gasteiger partial charge < -0.3 is 25.2 Å². The lowest BCUT2D eigenvalue weighted by Gasteiger charge is -2.29. The van der Waals surface area contributed by atoms with E-state index in [2.05, 4.69) is 10.6 Å². The molecule has 2 amide bonds. The zero-order chi connectivity index (χ0) is 14.5. The summed E-state index contributed by atoms with van der Waals surface area (Å²) in [6, 6.07) is -1.45. The van der Waals surface area contributed by atoms with Gasteiger partial charge in [0, 0.05) is 26.7 Å². The number of amides is 2. The van der Waals surface area contributed by atoms with Crippen molar-refractivity contribution in [3.63, 3.8) is 0 Å². The van der Waals surface area contributed by atoms with Crippen molar-refractivity contribution in [2.75, 3.05) is 20.3 Å². The largest absolute Gasteiger partial charge is 0.480 e. The second-order valence-corrected chi connectivity index (χ2v) is 4.95.